The molecule has 1 aromatic heterocycles. The fourth-order valence-electron chi connectivity index (χ4n) is 4.97. The molecule has 3 atom stereocenters. The molecule has 4 rings (SSSR count). The van der Waals surface area contributed by atoms with E-state index in [4.69, 9.17) is 10.2 Å². The number of hydrogen-bond donors (Lipinski definition) is 4. The second kappa shape index (κ2) is 10.5. The van der Waals surface area contributed by atoms with E-state index in [9.17, 15) is 14.4 Å². The summed E-state index contributed by atoms with van der Waals surface area (Å²) in [7, 11) is 2.20. The molecule has 9 heteroatoms. The molecule has 2 aliphatic rings. The number of aliphatic carboxylic acids is 2. The first kappa shape index (κ1) is 24.3. The fourth-order valence-corrected chi connectivity index (χ4v) is 4.97. The number of carbonyl (C=O) groups excluding carboxylic acids is 1. The maximum atomic E-state index is 12.5. The van der Waals surface area contributed by atoms with Gasteiger partial charge in [-0.1, -0.05) is 12.1 Å². The first-order chi connectivity index (χ1) is 15.7. The summed E-state index contributed by atoms with van der Waals surface area (Å²) in [5.74, 6) is -2.03. The highest BCUT2D eigenvalue weighted by atomic mass is 16.4. The van der Waals surface area contributed by atoms with Crippen molar-refractivity contribution in [3.8, 4) is 0 Å². The number of nitrogens with zero attached hydrogens (tertiary/aromatic N) is 2. The van der Waals surface area contributed by atoms with Gasteiger partial charge in [0, 0.05) is 66.9 Å². The van der Waals surface area contributed by atoms with E-state index < -0.39 is 11.9 Å². The molecule has 0 bridgehead atoms. The number of fused-ring (bicyclic) bond motifs is 2. The van der Waals surface area contributed by atoms with E-state index in [0.29, 0.717) is 24.1 Å². The lowest BCUT2D eigenvalue weighted by Crippen LogP contribution is -2.56. The van der Waals surface area contributed by atoms with Gasteiger partial charge in [-0.05, 0) is 50.9 Å². The quantitative estimate of drug-likeness (QED) is 0.513. The Kier molecular flexibility index (Phi) is 7.75. The second-order valence-corrected chi connectivity index (χ2v) is 8.47. The molecule has 1 saturated heterocycles. The summed E-state index contributed by atoms with van der Waals surface area (Å²) >= 11 is 0. The van der Waals surface area contributed by atoms with Crippen molar-refractivity contribution < 1.29 is 24.6 Å². The standard InChI is InChI=1S/C20H28N4O.C4H4O4/c1-4-24(5-2)20(25)22-14-10-16-15-7-6-8-17-19(15)13(11-21-17)9-18(16)23(3)12-14;5-3(6)1-2-4(7)8/h6-8,11,14,16,18,21H,4-5,9-10,12H2,1-3H3,(H,22,25);1-2H,(H,5,6)(H,7,8)/b;2-1-/t14-,16+,18+;/m0./s1. The normalized spacial score (nSPS) is 21.7. The maximum Gasteiger partial charge on any atom is 0.328 e. The van der Waals surface area contributed by atoms with Gasteiger partial charge in [0.25, 0.3) is 0 Å². The summed E-state index contributed by atoms with van der Waals surface area (Å²) in [5.41, 5.74) is 4.12. The third kappa shape index (κ3) is 5.54. The number of carboxylic acids is 2. The van der Waals surface area contributed by atoms with E-state index >= 15 is 0 Å². The number of urea groups is 1. The summed E-state index contributed by atoms with van der Waals surface area (Å²) in [6.45, 7) is 6.48. The Labute approximate surface area is 193 Å². The lowest BCUT2D eigenvalue weighted by Gasteiger charge is -2.45. The summed E-state index contributed by atoms with van der Waals surface area (Å²) in [6, 6.07) is 7.38. The minimum Gasteiger partial charge on any atom is -0.478 e. The number of carbonyl (C=O) groups is 3. The molecule has 1 aliphatic heterocycles. The van der Waals surface area contributed by atoms with Crippen molar-refractivity contribution in [1.29, 1.82) is 0 Å². The van der Waals surface area contributed by atoms with E-state index in [1.165, 1.54) is 22.0 Å². The molecule has 0 radical (unpaired) electrons. The molecular weight excluding hydrogens is 424 g/mol. The highest BCUT2D eigenvalue weighted by Gasteiger charge is 2.39. The summed E-state index contributed by atoms with van der Waals surface area (Å²) < 4.78 is 0. The van der Waals surface area contributed by atoms with Crippen LogP contribution in [0.3, 0.4) is 0 Å². The SMILES string of the molecule is CCN(CC)C(=O)N[C@H]1C[C@@H]2c3cccc4[nH]cc(c34)C[C@H]2N(C)C1.O=C(O)/C=C\C(=O)O. The van der Waals surface area contributed by atoms with Crippen LogP contribution in [-0.4, -0.2) is 81.7 Å². The molecule has 9 nitrogen and oxygen atoms in total. The van der Waals surface area contributed by atoms with Crippen LogP contribution in [0.2, 0.25) is 0 Å². The Balaban J connectivity index is 0.000000331. The first-order valence-electron chi connectivity index (χ1n) is 11.2. The average molecular weight is 457 g/mol. The minimum absolute atomic E-state index is 0.0678. The molecule has 0 saturated carbocycles. The van der Waals surface area contributed by atoms with Crippen LogP contribution in [0.5, 0.6) is 0 Å². The molecule has 1 fully saturated rings. The Bertz CT molecular complexity index is 1030. The van der Waals surface area contributed by atoms with Gasteiger partial charge in [0.2, 0.25) is 0 Å². The highest BCUT2D eigenvalue weighted by Crippen LogP contribution is 2.42. The number of aromatic nitrogens is 1. The van der Waals surface area contributed by atoms with E-state index in [0.717, 1.165) is 32.5 Å². The molecule has 2 heterocycles. The molecule has 178 valence electrons. The van der Waals surface area contributed by atoms with Crippen molar-refractivity contribution in [2.24, 2.45) is 0 Å². The van der Waals surface area contributed by atoms with Crippen LogP contribution in [0.4, 0.5) is 4.79 Å². The van der Waals surface area contributed by atoms with Crippen LogP contribution in [0.25, 0.3) is 10.9 Å². The number of benzene rings is 1. The van der Waals surface area contributed by atoms with E-state index in [-0.39, 0.29) is 12.1 Å². The van der Waals surface area contributed by atoms with Gasteiger partial charge < -0.3 is 30.3 Å². The molecule has 33 heavy (non-hydrogen) atoms. The van der Waals surface area contributed by atoms with Crippen LogP contribution in [0.1, 0.15) is 37.3 Å². The van der Waals surface area contributed by atoms with Gasteiger partial charge in [-0.2, -0.15) is 0 Å². The predicted molar refractivity (Wildman–Crippen MR) is 125 cm³/mol. The average Bonchev–Trinajstić information content (AvgIpc) is 3.19. The van der Waals surface area contributed by atoms with Crippen molar-refractivity contribution in [3.63, 3.8) is 0 Å². The highest BCUT2D eigenvalue weighted by molar-refractivity contribution is 5.90. The van der Waals surface area contributed by atoms with Crippen molar-refractivity contribution >= 4 is 28.9 Å². The van der Waals surface area contributed by atoms with Gasteiger partial charge in [-0.15, -0.1) is 0 Å². The van der Waals surface area contributed by atoms with E-state index in [1.807, 2.05) is 18.7 Å². The Morgan fingerprint density at radius 2 is 1.85 bits per heavy atom. The largest absolute Gasteiger partial charge is 0.478 e. The van der Waals surface area contributed by atoms with Crippen molar-refractivity contribution in [1.82, 2.24) is 20.1 Å². The molecule has 1 aliphatic carbocycles. The molecule has 0 spiro atoms. The molecule has 2 aromatic rings. The van der Waals surface area contributed by atoms with Crippen molar-refractivity contribution in [2.45, 2.75) is 44.7 Å². The number of likely N-dealkylation sites (tertiary alicyclic amines) is 1. The zero-order valence-corrected chi connectivity index (χ0v) is 19.2. The first-order valence-corrected chi connectivity index (χ1v) is 11.2. The monoisotopic (exact) mass is 456 g/mol. The van der Waals surface area contributed by atoms with Gasteiger partial charge in [0.05, 0.1) is 0 Å². The van der Waals surface area contributed by atoms with Crippen molar-refractivity contribution in [2.75, 3.05) is 26.7 Å². The van der Waals surface area contributed by atoms with Crippen LogP contribution in [0.15, 0.2) is 36.5 Å². The van der Waals surface area contributed by atoms with Crippen molar-refractivity contribution in [3.05, 3.63) is 47.7 Å². The summed E-state index contributed by atoms with van der Waals surface area (Å²) in [4.78, 5) is 39.3. The van der Waals surface area contributed by atoms with Crippen LogP contribution in [-0.2, 0) is 16.0 Å². The fraction of sp³-hybridized carbons (Fsp3) is 0.458. The van der Waals surface area contributed by atoms with Gasteiger partial charge in [-0.25, -0.2) is 14.4 Å². The summed E-state index contributed by atoms with van der Waals surface area (Å²) in [6.07, 6.45) is 5.40. The number of amides is 2. The Hall–Kier alpha value is -3.33. The van der Waals surface area contributed by atoms with E-state index in [2.05, 4.69) is 46.6 Å². The molecular formula is C24H32N4O5. The number of nitrogens with one attached hydrogen (secondary N) is 2. The smallest absolute Gasteiger partial charge is 0.328 e. The van der Waals surface area contributed by atoms with Gasteiger partial charge in [0.15, 0.2) is 0 Å². The van der Waals surface area contributed by atoms with E-state index in [1.54, 1.807) is 0 Å². The molecule has 4 N–H and O–H groups in total. The number of piperidine rings is 1. The Morgan fingerprint density at radius 1 is 1.18 bits per heavy atom. The van der Waals surface area contributed by atoms with Crippen LogP contribution < -0.4 is 5.32 Å². The Morgan fingerprint density at radius 3 is 2.45 bits per heavy atom. The lowest BCUT2D eigenvalue weighted by atomic mass is 9.74. The topological polar surface area (TPSA) is 126 Å². The van der Waals surface area contributed by atoms with Gasteiger partial charge >= 0.3 is 18.0 Å². The second-order valence-electron chi connectivity index (χ2n) is 8.47. The lowest BCUT2D eigenvalue weighted by molar-refractivity contribution is -0.134. The zero-order chi connectivity index (χ0) is 24.1. The zero-order valence-electron chi connectivity index (χ0n) is 19.2. The number of rotatable bonds is 5. The minimum atomic E-state index is -1.26. The van der Waals surface area contributed by atoms with Gasteiger partial charge in [-0.3, -0.25) is 0 Å². The molecule has 0 unspecified atom stereocenters. The number of hydrogen-bond acceptors (Lipinski definition) is 4. The predicted octanol–water partition coefficient (Wildman–Crippen LogP) is 2.64. The third-order valence-corrected chi connectivity index (χ3v) is 6.47. The van der Waals surface area contributed by atoms with Gasteiger partial charge in [0.1, 0.15) is 0 Å². The molecule has 2 amide bonds. The number of carboxylic acid groups (broad SMARTS) is 2. The maximum absolute atomic E-state index is 12.5. The third-order valence-electron chi connectivity index (χ3n) is 6.47. The number of likely N-dealkylation sites (N-methyl/N-ethyl adjacent to an activating group) is 1. The number of aromatic amines is 1. The van der Waals surface area contributed by atoms with Crippen LogP contribution >= 0.6 is 0 Å². The summed E-state index contributed by atoms with van der Waals surface area (Å²) in [5, 5.41) is 20.3. The number of H-pyrrole nitrogens is 1. The molecule has 1 aromatic carbocycles. The van der Waals surface area contributed by atoms with Crippen LogP contribution in [0, 0.1) is 0 Å².